The van der Waals surface area contributed by atoms with E-state index in [1.165, 1.54) is 6.20 Å². The standard InChI is InChI=1S/C10H10F3NOS/c1-5-6(2-3-7(5)15)8-4-14-9(16-8)10(11,12)13/h4-6H,2-3H2,1H3. The third-order valence-corrected chi connectivity index (χ3v) is 4.12. The molecule has 2 unspecified atom stereocenters. The van der Waals surface area contributed by atoms with E-state index < -0.39 is 11.2 Å². The minimum atomic E-state index is -4.38. The van der Waals surface area contributed by atoms with E-state index in [0.29, 0.717) is 29.1 Å². The van der Waals surface area contributed by atoms with Crippen LogP contribution in [0.1, 0.15) is 35.6 Å². The van der Waals surface area contributed by atoms with Gasteiger partial charge in [0.15, 0.2) is 5.01 Å². The van der Waals surface area contributed by atoms with Crippen LogP contribution in [0.4, 0.5) is 13.2 Å². The summed E-state index contributed by atoms with van der Waals surface area (Å²) in [6.45, 7) is 1.77. The van der Waals surface area contributed by atoms with Crippen molar-refractivity contribution in [2.75, 3.05) is 0 Å². The summed E-state index contributed by atoms with van der Waals surface area (Å²) in [5.41, 5.74) is 0. The van der Waals surface area contributed by atoms with Gasteiger partial charge in [-0.1, -0.05) is 6.92 Å². The topological polar surface area (TPSA) is 30.0 Å². The lowest BCUT2D eigenvalue weighted by molar-refractivity contribution is -0.137. The number of hydrogen-bond donors (Lipinski definition) is 0. The molecule has 1 fully saturated rings. The van der Waals surface area contributed by atoms with Crippen LogP contribution >= 0.6 is 11.3 Å². The molecule has 1 aromatic heterocycles. The zero-order chi connectivity index (χ0) is 11.9. The van der Waals surface area contributed by atoms with Gasteiger partial charge in [0.2, 0.25) is 0 Å². The van der Waals surface area contributed by atoms with Gasteiger partial charge in [-0.2, -0.15) is 13.2 Å². The zero-order valence-electron chi connectivity index (χ0n) is 8.54. The van der Waals surface area contributed by atoms with Crippen LogP contribution in [0.3, 0.4) is 0 Å². The Labute approximate surface area is 94.5 Å². The molecule has 6 heteroatoms. The molecular weight excluding hydrogens is 239 g/mol. The number of carbonyl (C=O) groups excluding carboxylic acids is 1. The Morgan fingerprint density at radius 3 is 2.62 bits per heavy atom. The first-order valence-electron chi connectivity index (χ1n) is 4.95. The Balaban J connectivity index is 2.23. The van der Waals surface area contributed by atoms with Gasteiger partial charge in [0, 0.05) is 29.3 Å². The smallest absolute Gasteiger partial charge is 0.299 e. The van der Waals surface area contributed by atoms with Crippen molar-refractivity contribution in [3.63, 3.8) is 0 Å². The maximum Gasteiger partial charge on any atom is 0.443 e. The summed E-state index contributed by atoms with van der Waals surface area (Å²) in [6, 6.07) is 0. The van der Waals surface area contributed by atoms with Gasteiger partial charge in [-0.3, -0.25) is 4.79 Å². The molecule has 0 bridgehead atoms. The molecule has 1 aliphatic rings. The Morgan fingerprint density at radius 1 is 1.50 bits per heavy atom. The van der Waals surface area contributed by atoms with E-state index in [2.05, 4.69) is 4.98 Å². The first-order valence-corrected chi connectivity index (χ1v) is 5.77. The normalized spacial score (nSPS) is 26.4. The highest BCUT2D eigenvalue weighted by Gasteiger charge is 2.38. The quantitative estimate of drug-likeness (QED) is 0.764. The van der Waals surface area contributed by atoms with E-state index >= 15 is 0 Å². The second-order valence-corrected chi connectivity index (χ2v) is 5.03. The number of thiazole rings is 1. The molecule has 0 saturated heterocycles. The van der Waals surface area contributed by atoms with Crippen LogP contribution < -0.4 is 0 Å². The molecule has 16 heavy (non-hydrogen) atoms. The van der Waals surface area contributed by atoms with Crippen molar-refractivity contribution in [3.05, 3.63) is 16.1 Å². The first kappa shape index (κ1) is 11.6. The minimum Gasteiger partial charge on any atom is -0.299 e. The van der Waals surface area contributed by atoms with Crippen LogP contribution in [0.25, 0.3) is 0 Å². The summed E-state index contributed by atoms with van der Waals surface area (Å²) in [5.74, 6) is -0.130. The van der Waals surface area contributed by atoms with E-state index in [9.17, 15) is 18.0 Å². The summed E-state index contributed by atoms with van der Waals surface area (Å²) in [7, 11) is 0. The molecule has 1 aromatic rings. The van der Waals surface area contributed by atoms with Crippen LogP contribution in [-0.4, -0.2) is 10.8 Å². The second-order valence-electron chi connectivity index (χ2n) is 3.97. The van der Waals surface area contributed by atoms with E-state index in [1.54, 1.807) is 6.92 Å². The molecule has 2 nitrogen and oxygen atoms in total. The number of rotatable bonds is 1. The van der Waals surface area contributed by atoms with Crippen molar-refractivity contribution in [2.45, 2.75) is 31.9 Å². The lowest BCUT2D eigenvalue weighted by Gasteiger charge is -2.10. The van der Waals surface area contributed by atoms with Crippen LogP contribution in [0.2, 0.25) is 0 Å². The van der Waals surface area contributed by atoms with Gasteiger partial charge in [-0.25, -0.2) is 4.98 Å². The van der Waals surface area contributed by atoms with Crippen molar-refractivity contribution in [1.82, 2.24) is 4.98 Å². The molecule has 1 aliphatic carbocycles. The molecule has 0 spiro atoms. The number of carbonyl (C=O) groups is 1. The molecule has 88 valence electrons. The summed E-state index contributed by atoms with van der Waals surface area (Å²) in [4.78, 5) is 15.3. The number of halogens is 3. The average Bonchev–Trinajstić information content (AvgIpc) is 2.74. The number of hydrogen-bond acceptors (Lipinski definition) is 3. The number of Topliss-reactive ketones (excluding diaryl/α,β-unsaturated/α-hetero) is 1. The summed E-state index contributed by atoms with van der Waals surface area (Å²) in [6.07, 6.45) is -2.02. The lowest BCUT2D eigenvalue weighted by Crippen LogP contribution is -2.07. The average molecular weight is 249 g/mol. The van der Waals surface area contributed by atoms with Crippen molar-refractivity contribution >= 4 is 17.1 Å². The largest absolute Gasteiger partial charge is 0.443 e. The second kappa shape index (κ2) is 3.84. The molecule has 0 radical (unpaired) electrons. The summed E-state index contributed by atoms with van der Waals surface area (Å²) in [5, 5.41) is -0.825. The van der Waals surface area contributed by atoms with E-state index in [4.69, 9.17) is 0 Å². The van der Waals surface area contributed by atoms with Crippen LogP contribution in [-0.2, 0) is 11.0 Å². The molecule has 0 aliphatic heterocycles. The number of alkyl halides is 3. The Kier molecular flexibility index (Phi) is 2.77. The molecule has 0 N–H and O–H groups in total. The highest BCUT2D eigenvalue weighted by Crippen LogP contribution is 2.42. The predicted octanol–water partition coefficient (Wildman–Crippen LogP) is 3.24. The van der Waals surface area contributed by atoms with Crippen molar-refractivity contribution in [2.24, 2.45) is 5.92 Å². The van der Waals surface area contributed by atoms with Gasteiger partial charge in [0.1, 0.15) is 5.78 Å². The Morgan fingerprint density at radius 2 is 2.19 bits per heavy atom. The van der Waals surface area contributed by atoms with E-state index in [-0.39, 0.29) is 17.6 Å². The van der Waals surface area contributed by atoms with Gasteiger partial charge in [0.25, 0.3) is 0 Å². The maximum atomic E-state index is 12.3. The van der Waals surface area contributed by atoms with Crippen LogP contribution in [0.5, 0.6) is 0 Å². The number of ketones is 1. The maximum absolute atomic E-state index is 12.3. The Bertz CT molecular complexity index is 412. The summed E-state index contributed by atoms with van der Waals surface area (Å²) >= 11 is 0.655. The monoisotopic (exact) mass is 249 g/mol. The molecule has 0 amide bonds. The highest BCUT2D eigenvalue weighted by molar-refractivity contribution is 7.11. The Hall–Kier alpha value is -0.910. The SMILES string of the molecule is CC1C(=O)CCC1c1cnc(C(F)(F)F)s1. The molecule has 2 atom stereocenters. The van der Waals surface area contributed by atoms with E-state index in [0.717, 1.165) is 0 Å². The van der Waals surface area contributed by atoms with Crippen LogP contribution in [0, 0.1) is 5.92 Å². The fourth-order valence-electron chi connectivity index (χ4n) is 1.98. The lowest BCUT2D eigenvalue weighted by atomic mass is 9.97. The van der Waals surface area contributed by atoms with Gasteiger partial charge < -0.3 is 0 Å². The molecular formula is C10H10F3NOS. The highest BCUT2D eigenvalue weighted by atomic mass is 32.1. The molecule has 1 saturated carbocycles. The predicted molar refractivity (Wildman–Crippen MR) is 53.3 cm³/mol. The van der Waals surface area contributed by atoms with Crippen LogP contribution in [0.15, 0.2) is 6.20 Å². The fraction of sp³-hybridized carbons (Fsp3) is 0.600. The third-order valence-electron chi connectivity index (χ3n) is 2.94. The van der Waals surface area contributed by atoms with Crippen molar-refractivity contribution in [3.8, 4) is 0 Å². The van der Waals surface area contributed by atoms with Gasteiger partial charge in [0.05, 0.1) is 0 Å². The first-order chi connectivity index (χ1) is 7.39. The van der Waals surface area contributed by atoms with Crippen molar-refractivity contribution in [1.29, 1.82) is 0 Å². The molecule has 1 heterocycles. The molecule has 2 rings (SSSR count). The summed E-state index contributed by atoms with van der Waals surface area (Å²) < 4.78 is 37.0. The zero-order valence-corrected chi connectivity index (χ0v) is 9.36. The molecule has 0 aromatic carbocycles. The number of nitrogens with zero attached hydrogens (tertiary/aromatic N) is 1. The van der Waals surface area contributed by atoms with Gasteiger partial charge >= 0.3 is 6.18 Å². The number of aromatic nitrogens is 1. The third kappa shape index (κ3) is 1.98. The van der Waals surface area contributed by atoms with Gasteiger partial charge in [-0.05, 0) is 6.42 Å². The minimum absolute atomic E-state index is 0.0823. The van der Waals surface area contributed by atoms with Gasteiger partial charge in [-0.15, -0.1) is 11.3 Å². The fourth-order valence-corrected chi connectivity index (χ4v) is 3.00. The van der Waals surface area contributed by atoms with Crippen molar-refractivity contribution < 1.29 is 18.0 Å². The van der Waals surface area contributed by atoms with E-state index in [1.807, 2.05) is 0 Å².